The summed E-state index contributed by atoms with van der Waals surface area (Å²) in [4.78, 5) is 0. The van der Waals surface area contributed by atoms with Crippen LogP contribution in [0.2, 0.25) is 0 Å². The van der Waals surface area contributed by atoms with Crippen LogP contribution in [-0.4, -0.2) is 38.6 Å². The van der Waals surface area contributed by atoms with Gasteiger partial charge in [0.15, 0.2) is 0 Å². The Hall–Kier alpha value is -0.0213. The summed E-state index contributed by atoms with van der Waals surface area (Å²) in [7, 11) is 4.30. The average molecular weight is 240 g/mol. The summed E-state index contributed by atoms with van der Waals surface area (Å²) in [5, 5.41) is 0. The van der Waals surface area contributed by atoms with Gasteiger partial charge in [0.1, 0.15) is 0 Å². The second kappa shape index (κ2) is 3.98. The van der Waals surface area contributed by atoms with Crippen LogP contribution in [0.4, 0.5) is 0 Å². The third-order valence-corrected chi connectivity index (χ3v) is 4.09. The van der Waals surface area contributed by atoms with Crippen molar-refractivity contribution in [2.24, 2.45) is 0 Å². The molecule has 0 aliphatic rings. The first-order chi connectivity index (χ1) is 4.79. The SMILES string of the molecule is C[N](C)[Sn][c]1ccccc1. The molecular weight excluding hydrogens is 229 g/mol. The van der Waals surface area contributed by atoms with Crippen LogP contribution in [0.3, 0.4) is 0 Å². The second-order valence-electron chi connectivity index (χ2n) is 2.37. The summed E-state index contributed by atoms with van der Waals surface area (Å²) in [5.41, 5.74) is 0. The molecular formula is C8H11NSn. The van der Waals surface area contributed by atoms with Gasteiger partial charge in [-0.3, -0.25) is 0 Å². The predicted octanol–water partition coefficient (Wildman–Crippen LogP) is 0.493. The van der Waals surface area contributed by atoms with E-state index in [1.165, 1.54) is 3.58 Å². The summed E-state index contributed by atoms with van der Waals surface area (Å²) in [6.07, 6.45) is 0. The first kappa shape index (κ1) is 8.08. The van der Waals surface area contributed by atoms with E-state index in [4.69, 9.17) is 0 Å². The van der Waals surface area contributed by atoms with Gasteiger partial charge in [-0.25, -0.2) is 0 Å². The van der Waals surface area contributed by atoms with Crippen LogP contribution in [0.1, 0.15) is 0 Å². The quantitative estimate of drug-likeness (QED) is 0.680. The van der Waals surface area contributed by atoms with E-state index in [9.17, 15) is 0 Å². The molecule has 0 saturated heterocycles. The molecule has 1 aromatic carbocycles. The zero-order valence-electron chi connectivity index (χ0n) is 6.33. The average Bonchev–Trinajstić information content (AvgIpc) is 1.88. The fourth-order valence-electron chi connectivity index (χ4n) is 0.771. The minimum absolute atomic E-state index is 0.406. The number of nitrogens with zero attached hydrogens (tertiary/aromatic N) is 1. The summed E-state index contributed by atoms with van der Waals surface area (Å²) < 4.78 is 3.87. The Bertz CT molecular complexity index is 184. The first-order valence-electron chi connectivity index (χ1n) is 3.28. The van der Waals surface area contributed by atoms with Crippen molar-refractivity contribution in [1.29, 1.82) is 0 Å². The van der Waals surface area contributed by atoms with Crippen molar-refractivity contribution >= 4 is 25.0 Å². The van der Waals surface area contributed by atoms with Gasteiger partial charge in [0.25, 0.3) is 0 Å². The van der Waals surface area contributed by atoms with E-state index >= 15 is 0 Å². The molecule has 0 saturated carbocycles. The molecule has 2 radical (unpaired) electrons. The van der Waals surface area contributed by atoms with E-state index in [2.05, 4.69) is 47.5 Å². The minimum atomic E-state index is -0.406. The van der Waals surface area contributed by atoms with Crippen LogP contribution in [0, 0.1) is 0 Å². The van der Waals surface area contributed by atoms with Gasteiger partial charge in [-0.2, -0.15) is 0 Å². The van der Waals surface area contributed by atoms with Crippen LogP contribution in [0.5, 0.6) is 0 Å². The van der Waals surface area contributed by atoms with Gasteiger partial charge in [-0.1, -0.05) is 0 Å². The molecule has 0 N–H and O–H groups in total. The summed E-state index contributed by atoms with van der Waals surface area (Å²) in [6, 6.07) is 10.7. The topological polar surface area (TPSA) is 3.24 Å². The van der Waals surface area contributed by atoms with Crippen molar-refractivity contribution in [3.8, 4) is 0 Å². The number of benzene rings is 1. The van der Waals surface area contributed by atoms with Gasteiger partial charge < -0.3 is 0 Å². The third-order valence-electron chi connectivity index (χ3n) is 1.13. The molecule has 0 atom stereocenters. The second-order valence-corrected chi connectivity index (χ2v) is 7.21. The van der Waals surface area contributed by atoms with Gasteiger partial charge in [0, 0.05) is 0 Å². The van der Waals surface area contributed by atoms with Crippen molar-refractivity contribution in [2.75, 3.05) is 14.1 Å². The van der Waals surface area contributed by atoms with Crippen molar-refractivity contribution in [1.82, 2.24) is 3.12 Å². The summed E-state index contributed by atoms with van der Waals surface area (Å²) in [5.74, 6) is 0. The molecule has 2 heteroatoms. The fraction of sp³-hybridized carbons (Fsp3) is 0.250. The van der Waals surface area contributed by atoms with Crippen molar-refractivity contribution in [3.05, 3.63) is 30.3 Å². The molecule has 0 unspecified atom stereocenters. The van der Waals surface area contributed by atoms with Crippen molar-refractivity contribution in [2.45, 2.75) is 0 Å². The zero-order valence-corrected chi connectivity index (χ0v) is 9.19. The Morgan fingerprint density at radius 3 is 2.20 bits per heavy atom. The molecule has 0 heterocycles. The van der Waals surface area contributed by atoms with E-state index in [-0.39, 0.29) is 0 Å². The number of rotatable bonds is 2. The van der Waals surface area contributed by atoms with Gasteiger partial charge in [-0.05, 0) is 0 Å². The van der Waals surface area contributed by atoms with Crippen LogP contribution in [0.25, 0.3) is 0 Å². The third kappa shape index (κ3) is 2.71. The van der Waals surface area contributed by atoms with Crippen LogP contribution in [-0.2, 0) is 0 Å². The van der Waals surface area contributed by atoms with Gasteiger partial charge in [0.05, 0.1) is 0 Å². The molecule has 1 nitrogen and oxygen atoms in total. The van der Waals surface area contributed by atoms with E-state index in [1.54, 1.807) is 0 Å². The molecule has 10 heavy (non-hydrogen) atoms. The van der Waals surface area contributed by atoms with Gasteiger partial charge in [0.2, 0.25) is 0 Å². The van der Waals surface area contributed by atoms with Crippen molar-refractivity contribution < 1.29 is 0 Å². The molecule has 1 aromatic rings. The van der Waals surface area contributed by atoms with Crippen molar-refractivity contribution in [3.63, 3.8) is 0 Å². The molecule has 0 spiro atoms. The Morgan fingerprint density at radius 1 is 1.10 bits per heavy atom. The van der Waals surface area contributed by atoms with Crippen LogP contribution < -0.4 is 3.58 Å². The van der Waals surface area contributed by atoms with E-state index in [0.29, 0.717) is 0 Å². The predicted molar refractivity (Wildman–Crippen MR) is 45.5 cm³/mol. The molecule has 0 fully saturated rings. The van der Waals surface area contributed by atoms with Crippen LogP contribution in [0.15, 0.2) is 30.3 Å². The molecule has 52 valence electrons. The Kier molecular flexibility index (Phi) is 3.22. The molecule has 0 aromatic heterocycles. The fourth-order valence-corrected chi connectivity index (χ4v) is 3.22. The maximum atomic E-state index is 2.33. The summed E-state index contributed by atoms with van der Waals surface area (Å²) in [6.45, 7) is 0. The number of hydrogen-bond acceptors (Lipinski definition) is 1. The normalized spacial score (nSPS) is 10.3. The van der Waals surface area contributed by atoms with Gasteiger partial charge >= 0.3 is 72.5 Å². The molecule has 0 amide bonds. The zero-order chi connectivity index (χ0) is 7.40. The first-order valence-corrected chi connectivity index (χ1v) is 5.98. The molecule has 1 rings (SSSR count). The van der Waals surface area contributed by atoms with E-state index < -0.39 is 21.4 Å². The molecule has 0 aliphatic heterocycles. The van der Waals surface area contributed by atoms with Gasteiger partial charge in [-0.15, -0.1) is 0 Å². The molecule has 0 bridgehead atoms. The maximum absolute atomic E-state index is 2.33. The Labute approximate surface area is 72.6 Å². The Balaban J connectivity index is 2.59. The van der Waals surface area contributed by atoms with E-state index in [0.717, 1.165) is 0 Å². The Morgan fingerprint density at radius 2 is 1.70 bits per heavy atom. The standard InChI is InChI=1S/C6H5.C2H6N.Sn/c1-2-4-6-5-3-1;1-3-2;/h1-5H;1-2H3;/q;-1;+1. The summed E-state index contributed by atoms with van der Waals surface area (Å²) >= 11 is -0.406. The monoisotopic (exact) mass is 241 g/mol. The van der Waals surface area contributed by atoms with E-state index in [1.807, 2.05) is 0 Å². The van der Waals surface area contributed by atoms with Crippen LogP contribution >= 0.6 is 0 Å². The molecule has 0 aliphatic carbocycles. The number of hydrogen-bond donors (Lipinski definition) is 0.